The van der Waals surface area contributed by atoms with E-state index in [-0.39, 0.29) is 5.91 Å². The highest BCUT2D eigenvalue weighted by Gasteiger charge is 2.10. The lowest BCUT2D eigenvalue weighted by Crippen LogP contribution is -2.27. The molecule has 0 spiro atoms. The minimum atomic E-state index is 0.104. The summed E-state index contributed by atoms with van der Waals surface area (Å²) in [5.74, 6) is 0.885. The molecular formula is C19H23NO2. The number of benzene rings is 2. The highest BCUT2D eigenvalue weighted by molar-refractivity contribution is 5.78. The zero-order valence-electron chi connectivity index (χ0n) is 13.5. The standard InChI is InChI=1S/C19H23NO2/c1-4-15-8-10-16(11-9-15)14-20(2)19(21)13-17-6-5-7-18(12-17)22-3/h5-12H,4,13-14H2,1-3H3. The molecule has 22 heavy (non-hydrogen) atoms. The molecule has 0 fully saturated rings. The first kappa shape index (κ1) is 16.1. The van der Waals surface area contributed by atoms with Crippen molar-refractivity contribution in [3.8, 4) is 5.75 Å². The summed E-state index contributed by atoms with van der Waals surface area (Å²) in [7, 11) is 3.48. The number of carbonyl (C=O) groups excluding carboxylic acids is 1. The van der Waals surface area contributed by atoms with Crippen LogP contribution in [0.1, 0.15) is 23.6 Å². The van der Waals surface area contributed by atoms with Gasteiger partial charge < -0.3 is 9.64 Å². The SMILES string of the molecule is CCc1ccc(CN(C)C(=O)Cc2cccc(OC)c2)cc1. The quantitative estimate of drug-likeness (QED) is 0.817. The normalized spacial score (nSPS) is 10.3. The number of rotatable bonds is 6. The maximum absolute atomic E-state index is 12.3. The molecule has 0 saturated carbocycles. The van der Waals surface area contributed by atoms with E-state index >= 15 is 0 Å². The first-order valence-corrected chi connectivity index (χ1v) is 7.57. The molecule has 3 heteroatoms. The second kappa shape index (κ2) is 7.64. The average Bonchev–Trinajstić information content (AvgIpc) is 2.55. The van der Waals surface area contributed by atoms with Crippen molar-refractivity contribution < 1.29 is 9.53 Å². The van der Waals surface area contributed by atoms with Crippen molar-refractivity contribution in [1.29, 1.82) is 0 Å². The molecular weight excluding hydrogens is 274 g/mol. The van der Waals surface area contributed by atoms with Crippen LogP contribution >= 0.6 is 0 Å². The van der Waals surface area contributed by atoms with Gasteiger partial charge in [-0.2, -0.15) is 0 Å². The van der Waals surface area contributed by atoms with Crippen LogP contribution in [-0.4, -0.2) is 25.0 Å². The number of amides is 1. The summed E-state index contributed by atoms with van der Waals surface area (Å²) < 4.78 is 5.19. The minimum absolute atomic E-state index is 0.104. The molecule has 2 rings (SSSR count). The van der Waals surface area contributed by atoms with Gasteiger partial charge in [0.25, 0.3) is 0 Å². The van der Waals surface area contributed by atoms with Crippen LogP contribution in [0, 0.1) is 0 Å². The lowest BCUT2D eigenvalue weighted by atomic mass is 10.1. The fourth-order valence-electron chi connectivity index (χ4n) is 2.33. The Labute approximate surface area is 132 Å². The maximum Gasteiger partial charge on any atom is 0.227 e. The number of aryl methyl sites for hydroxylation is 1. The molecule has 0 aromatic heterocycles. The monoisotopic (exact) mass is 297 g/mol. The van der Waals surface area contributed by atoms with Gasteiger partial charge in [-0.15, -0.1) is 0 Å². The van der Waals surface area contributed by atoms with Gasteiger partial charge >= 0.3 is 0 Å². The smallest absolute Gasteiger partial charge is 0.227 e. The molecule has 2 aromatic carbocycles. The fraction of sp³-hybridized carbons (Fsp3) is 0.316. The van der Waals surface area contributed by atoms with Gasteiger partial charge in [0, 0.05) is 13.6 Å². The van der Waals surface area contributed by atoms with Crippen LogP contribution in [0.4, 0.5) is 0 Å². The molecule has 0 aliphatic heterocycles. The van der Waals surface area contributed by atoms with Crippen molar-refractivity contribution in [2.45, 2.75) is 26.3 Å². The van der Waals surface area contributed by atoms with E-state index in [1.807, 2.05) is 31.3 Å². The van der Waals surface area contributed by atoms with Crippen LogP contribution in [0.2, 0.25) is 0 Å². The van der Waals surface area contributed by atoms with E-state index in [1.54, 1.807) is 12.0 Å². The molecule has 3 nitrogen and oxygen atoms in total. The van der Waals surface area contributed by atoms with E-state index in [4.69, 9.17) is 4.74 Å². The third-order valence-electron chi connectivity index (χ3n) is 3.77. The van der Waals surface area contributed by atoms with Crippen LogP contribution < -0.4 is 4.74 Å². The second-order valence-electron chi connectivity index (χ2n) is 5.45. The summed E-state index contributed by atoms with van der Waals surface area (Å²) in [5.41, 5.74) is 3.44. The molecule has 0 aliphatic rings. The van der Waals surface area contributed by atoms with Crippen LogP contribution in [0.15, 0.2) is 48.5 Å². The summed E-state index contributed by atoms with van der Waals surface area (Å²) in [6.07, 6.45) is 1.42. The van der Waals surface area contributed by atoms with Crippen LogP contribution in [0.5, 0.6) is 5.75 Å². The van der Waals surface area contributed by atoms with E-state index in [1.165, 1.54) is 5.56 Å². The van der Waals surface area contributed by atoms with Gasteiger partial charge in [-0.1, -0.05) is 43.3 Å². The first-order valence-electron chi connectivity index (χ1n) is 7.57. The molecule has 0 saturated heterocycles. The predicted molar refractivity (Wildman–Crippen MR) is 89.0 cm³/mol. The van der Waals surface area contributed by atoms with E-state index in [9.17, 15) is 4.79 Å². The van der Waals surface area contributed by atoms with E-state index in [0.29, 0.717) is 13.0 Å². The Morgan fingerprint density at radius 2 is 1.73 bits per heavy atom. The van der Waals surface area contributed by atoms with Gasteiger partial charge in [-0.25, -0.2) is 0 Å². The number of ether oxygens (including phenoxy) is 1. The lowest BCUT2D eigenvalue weighted by Gasteiger charge is -2.17. The van der Waals surface area contributed by atoms with Crippen molar-refractivity contribution in [3.63, 3.8) is 0 Å². The Hall–Kier alpha value is -2.29. The van der Waals surface area contributed by atoms with Crippen LogP contribution in [-0.2, 0) is 24.2 Å². The number of carbonyl (C=O) groups is 1. The summed E-state index contributed by atoms with van der Waals surface area (Å²) in [6.45, 7) is 2.77. The number of likely N-dealkylation sites (N-methyl/N-ethyl adjacent to an activating group) is 1. The van der Waals surface area contributed by atoms with Crippen molar-refractivity contribution in [2.24, 2.45) is 0 Å². The van der Waals surface area contributed by atoms with Crippen molar-refractivity contribution in [1.82, 2.24) is 4.90 Å². The molecule has 0 atom stereocenters. The third-order valence-corrected chi connectivity index (χ3v) is 3.77. The highest BCUT2D eigenvalue weighted by Crippen LogP contribution is 2.14. The number of nitrogens with zero attached hydrogens (tertiary/aromatic N) is 1. The molecule has 0 heterocycles. The van der Waals surface area contributed by atoms with Gasteiger partial charge in [0.05, 0.1) is 13.5 Å². The van der Waals surface area contributed by atoms with Gasteiger partial charge in [0.15, 0.2) is 0 Å². The predicted octanol–water partition coefficient (Wildman–Crippen LogP) is 3.46. The third kappa shape index (κ3) is 4.35. The van der Waals surface area contributed by atoms with Crippen LogP contribution in [0.3, 0.4) is 0 Å². The Kier molecular flexibility index (Phi) is 5.59. The zero-order valence-corrected chi connectivity index (χ0v) is 13.5. The lowest BCUT2D eigenvalue weighted by molar-refractivity contribution is -0.129. The largest absolute Gasteiger partial charge is 0.497 e. The van der Waals surface area contributed by atoms with Crippen molar-refractivity contribution >= 4 is 5.91 Å². The van der Waals surface area contributed by atoms with Gasteiger partial charge in [-0.05, 0) is 35.2 Å². The summed E-state index contributed by atoms with van der Waals surface area (Å²) in [4.78, 5) is 14.1. The van der Waals surface area contributed by atoms with Crippen LogP contribution in [0.25, 0.3) is 0 Å². The molecule has 0 radical (unpaired) electrons. The first-order chi connectivity index (χ1) is 10.6. The van der Waals surface area contributed by atoms with Gasteiger partial charge in [0.2, 0.25) is 5.91 Å². The number of hydrogen-bond acceptors (Lipinski definition) is 2. The Bertz CT molecular complexity index is 620. The molecule has 0 N–H and O–H groups in total. The summed E-state index contributed by atoms with van der Waals surface area (Å²) >= 11 is 0. The van der Waals surface area contributed by atoms with E-state index in [0.717, 1.165) is 23.3 Å². The van der Waals surface area contributed by atoms with E-state index < -0.39 is 0 Å². The Morgan fingerprint density at radius 1 is 1.05 bits per heavy atom. The minimum Gasteiger partial charge on any atom is -0.497 e. The fourth-order valence-corrected chi connectivity index (χ4v) is 2.33. The van der Waals surface area contributed by atoms with Gasteiger partial charge in [-0.3, -0.25) is 4.79 Å². The number of hydrogen-bond donors (Lipinski definition) is 0. The molecule has 1 amide bonds. The Balaban J connectivity index is 1.96. The Morgan fingerprint density at radius 3 is 2.36 bits per heavy atom. The summed E-state index contributed by atoms with van der Waals surface area (Å²) in [6, 6.07) is 16.1. The maximum atomic E-state index is 12.3. The topological polar surface area (TPSA) is 29.5 Å². The molecule has 2 aromatic rings. The second-order valence-corrected chi connectivity index (χ2v) is 5.45. The molecule has 0 bridgehead atoms. The van der Waals surface area contributed by atoms with Crippen molar-refractivity contribution in [2.75, 3.05) is 14.2 Å². The molecule has 0 aliphatic carbocycles. The van der Waals surface area contributed by atoms with E-state index in [2.05, 4.69) is 31.2 Å². The van der Waals surface area contributed by atoms with Crippen molar-refractivity contribution in [3.05, 3.63) is 65.2 Å². The average molecular weight is 297 g/mol. The summed E-state index contributed by atoms with van der Waals surface area (Å²) in [5, 5.41) is 0. The van der Waals surface area contributed by atoms with Gasteiger partial charge in [0.1, 0.15) is 5.75 Å². The highest BCUT2D eigenvalue weighted by atomic mass is 16.5. The number of methoxy groups -OCH3 is 1. The zero-order chi connectivity index (χ0) is 15.9. The molecule has 0 unspecified atom stereocenters. The molecule has 116 valence electrons.